The second-order valence-electron chi connectivity index (χ2n) is 8.16. The summed E-state index contributed by atoms with van der Waals surface area (Å²) in [4.78, 5) is 42.4. The molecule has 2 amide bonds. The van der Waals surface area contributed by atoms with Gasteiger partial charge in [-0.2, -0.15) is 0 Å². The summed E-state index contributed by atoms with van der Waals surface area (Å²) in [5, 5.41) is 0. The number of carbonyl (C=O) groups is 3. The zero-order chi connectivity index (χ0) is 22.3. The van der Waals surface area contributed by atoms with E-state index < -0.39 is 29.9 Å². The Bertz CT molecular complexity index is 1070. The highest BCUT2D eigenvalue weighted by Gasteiger charge is 2.61. The van der Waals surface area contributed by atoms with E-state index in [-0.39, 0.29) is 42.7 Å². The number of fused-ring (bicyclic) bond motifs is 3. The molecule has 0 radical (unpaired) electrons. The molecule has 1 atom stereocenters. The number of esters is 1. The van der Waals surface area contributed by atoms with Crippen molar-refractivity contribution in [2.45, 2.75) is 39.0 Å². The highest BCUT2D eigenvalue weighted by atomic mass is 19.2. The third kappa shape index (κ3) is 3.26. The Morgan fingerprint density at radius 1 is 1.13 bits per heavy atom. The van der Waals surface area contributed by atoms with Crippen molar-refractivity contribution in [2.24, 2.45) is 5.92 Å². The van der Waals surface area contributed by atoms with E-state index >= 15 is 0 Å². The minimum atomic E-state index is -1.66. The normalized spacial score (nSPS) is 20.2. The molecule has 31 heavy (non-hydrogen) atoms. The Hall–Kier alpha value is -3.29. The van der Waals surface area contributed by atoms with Crippen LogP contribution in [0.15, 0.2) is 42.5 Å². The predicted octanol–water partition coefficient (Wildman–Crippen LogP) is 3.64. The number of rotatable bonds is 5. The van der Waals surface area contributed by atoms with E-state index in [4.69, 9.17) is 4.74 Å². The van der Waals surface area contributed by atoms with E-state index in [9.17, 15) is 23.2 Å². The number of ether oxygens (including phenoxy) is 1. The van der Waals surface area contributed by atoms with Gasteiger partial charge in [-0.15, -0.1) is 0 Å². The van der Waals surface area contributed by atoms with Crippen LogP contribution in [0.25, 0.3) is 0 Å². The molecule has 0 aromatic heterocycles. The number of hydrogen-bond donors (Lipinski definition) is 0. The Morgan fingerprint density at radius 2 is 1.87 bits per heavy atom. The molecule has 1 saturated heterocycles. The first-order chi connectivity index (χ1) is 14.8. The van der Waals surface area contributed by atoms with Crippen LogP contribution in [0.4, 0.5) is 14.5 Å². The number of hydrogen-bond acceptors (Lipinski definition) is 4. The van der Waals surface area contributed by atoms with Gasteiger partial charge in [0.05, 0.1) is 11.3 Å². The van der Waals surface area contributed by atoms with Crippen LogP contribution in [-0.4, -0.2) is 34.9 Å². The summed E-state index contributed by atoms with van der Waals surface area (Å²) in [5.74, 6) is -3.65. The fourth-order valence-corrected chi connectivity index (χ4v) is 4.28. The molecule has 2 aromatic rings. The molecule has 0 aliphatic carbocycles. The molecular formula is C23H22F2N2O4. The van der Waals surface area contributed by atoms with Crippen molar-refractivity contribution in [1.29, 1.82) is 0 Å². The maximum Gasteiger partial charge on any atom is 0.354 e. The molecule has 2 aliphatic heterocycles. The Labute approximate surface area is 178 Å². The first kappa shape index (κ1) is 21.0. The summed E-state index contributed by atoms with van der Waals surface area (Å²) in [6.07, 6.45) is 0.114. The van der Waals surface area contributed by atoms with Gasteiger partial charge in [0.15, 0.2) is 11.6 Å². The number of anilines is 1. The van der Waals surface area contributed by atoms with Crippen molar-refractivity contribution < 1.29 is 27.9 Å². The molecule has 4 rings (SSSR count). The molecule has 0 N–H and O–H groups in total. The first-order valence-electron chi connectivity index (χ1n) is 10.1. The van der Waals surface area contributed by atoms with Gasteiger partial charge in [0.25, 0.3) is 5.91 Å². The average Bonchev–Trinajstić information content (AvgIpc) is 3.10. The van der Waals surface area contributed by atoms with Gasteiger partial charge >= 0.3 is 5.97 Å². The van der Waals surface area contributed by atoms with E-state index in [0.717, 1.165) is 6.07 Å². The molecule has 0 saturated carbocycles. The fourth-order valence-electron chi connectivity index (χ4n) is 4.28. The molecule has 162 valence electrons. The lowest BCUT2D eigenvalue weighted by atomic mass is 9.95. The monoisotopic (exact) mass is 428 g/mol. The van der Waals surface area contributed by atoms with E-state index in [1.165, 1.54) is 21.9 Å². The van der Waals surface area contributed by atoms with Crippen LogP contribution < -0.4 is 4.90 Å². The lowest BCUT2D eigenvalue weighted by Gasteiger charge is -2.48. The average molecular weight is 428 g/mol. The molecule has 1 unspecified atom stereocenters. The highest BCUT2D eigenvalue weighted by Crippen LogP contribution is 2.45. The van der Waals surface area contributed by atoms with Crippen LogP contribution in [-0.2, 0) is 20.9 Å². The molecule has 1 fully saturated rings. The van der Waals surface area contributed by atoms with E-state index in [0.29, 0.717) is 11.3 Å². The summed E-state index contributed by atoms with van der Waals surface area (Å²) in [6.45, 7) is 3.50. The van der Waals surface area contributed by atoms with Crippen molar-refractivity contribution in [3.63, 3.8) is 0 Å². The lowest BCUT2D eigenvalue weighted by Crippen LogP contribution is -2.69. The zero-order valence-electron chi connectivity index (χ0n) is 17.2. The largest absolute Gasteiger partial charge is 0.458 e. The van der Waals surface area contributed by atoms with Crippen molar-refractivity contribution >= 4 is 23.5 Å². The lowest BCUT2D eigenvalue weighted by molar-refractivity contribution is -0.159. The van der Waals surface area contributed by atoms with Crippen LogP contribution in [0.5, 0.6) is 0 Å². The number of para-hydroxylation sites is 1. The number of nitrogens with zero attached hydrogens (tertiary/aromatic N) is 2. The molecule has 0 bridgehead atoms. The van der Waals surface area contributed by atoms with Gasteiger partial charge in [0.1, 0.15) is 6.61 Å². The molecule has 8 heteroatoms. The standard InChI is InChI=1S/C23H22F2N2O4/c1-14(2)12-26-21(29)16-7-3-4-9-18(16)27-19(28)10-11-23(26,27)22(30)31-13-15-6-5-8-17(24)20(15)25/h3-9,14H,10-13H2,1-2H3. The highest BCUT2D eigenvalue weighted by molar-refractivity contribution is 6.15. The maximum atomic E-state index is 14.0. The molecule has 6 nitrogen and oxygen atoms in total. The molecule has 2 aromatic carbocycles. The summed E-state index contributed by atoms with van der Waals surface area (Å²) in [7, 11) is 0. The Morgan fingerprint density at radius 3 is 2.61 bits per heavy atom. The molecule has 2 heterocycles. The van der Waals surface area contributed by atoms with E-state index in [1.54, 1.807) is 24.3 Å². The first-order valence-corrected chi connectivity index (χ1v) is 10.1. The second kappa shape index (κ2) is 7.76. The van der Waals surface area contributed by atoms with Gasteiger partial charge in [-0.1, -0.05) is 38.1 Å². The van der Waals surface area contributed by atoms with Gasteiger partial charge in [0.2, 0.25) is 11.6 Å². The predicted molar refractivity (Wildman–Crippen MR) is 108 cm³/mol. The smallest absolute Gasteiger partial charge is 0.354 e. The third-order valence-corrected chi connectivity index (χ3v) is 5.64. The number of carbonyl (C=O) groups excluding carboxylic acids is 3. The van der Waals surface area contributed by atoms with Gasteiger partial charge in [-0.05, 0) is 24.1 Å². The van der Waals surface area contributed by atoms with Crippen LogP contribution >= 0.6 is 0 Å². The van der Waals surface area contributed by atoms with E-state index in [2.05, 4.69) is 0 Å². The third-order valence-electron chi connectivity index (χ3n) is 5.64. The summed E-state index contributed by atoms with van der Waals surface area (Å²) >= 11 is 0. The van der Waals surface area contributed by atoms with Crippen molar-refractivity contribution in [3.8, 4) is 0 Å². The van der Waals surface area contributed by atoms with Crippen LogP contribution in [0.1, 0.15) is 42.6 Å². The topological polar surface area (TPSA) is 66.9 Å². The van der Waals surface area contributed by atoms with E-state index in [1.807, 2.05) is 13.8 Å². The van der Waals surface area contributed by atoms with Crippen LogP contribution in [0.2, 0.25) is 0 Å². The SMILES string of the molecule is CC(C)CN1C(=O)c2ccccc2N2C(=O)CCC12C(=O)OCc1cccc(F)c1F. The van der Waals surface area contributed by atoms with Gasteiger partial charge in [-0.3, -0.25) is 14.5 Å². The second-order valence-corrected chi connectivity index (χ2v) is 8.16. The van der Waals surface area contributed by atoms with Crippen molar-refractivity contribution in [2.75, 3.05) is 11.4 Å². The summed E-state index contributed by atoms with van der Waals surface area (Å²) < 4.78 is 33.0. The van der Waals surface area contributed by atoms with Crippen molar-refractivity contribution in [1.82, 2.24) is 4.90 Å². The minimum absolute atomic E-state index is 0.0112. The molecule has 0 spiro atoms. The number of halogens is 2. The van der Waals surface area contributed by atoms with Crippen molar-refractivity contribution in [3.05, 3.63) is 65.2 Å². The maximum absolute atomic E-state index is 14.0. The minimum Gasteiger partial charge on any atom is -0.458 e. The Balaban J connectivity index is 1.76. The number of benzene rings is 2. The molecule has 2 aliphatic rings. The van der Waals surface area contributed by atoms with Gasteiger partial charge in [0, 0.05) is 24.9 Å². The quantitative estimate of drug-likeness (QED) is 0.682. The van der Waals surface area contributed by atoms with Crippen LogP contribution in [0.3, 0.4) is 0 Å². The number of amides is 2. The molecular weight excluding hydrogens is 406 g/mol. The van der Waals surface area contributed by atoms with Crippen LogP contribution in [0, 0.1) is 17.6 Å². The summed E-state index contributed by atoms with van der Waals surface area (Å²) in [6, 6.07) is 10.2. The van der Waals surface area contributed by atoms with Gasteiger partial charge in [-0.25, -0.2) is 13.6 Å². The zero-order valence-corrected chi connectivity index (χ0v) is 17.2. The Kier molecular flexibility index (Phi) is 5.24. The van der Waals surface area contributed by atoms with Gasteiger partial charge < -0.3 is 9.64 Å². The fraction of sp³-hybridized carbons (Fsp3) is 0.348. The summed E-state index contributed by atoms with van der Waals surface area (Å²) in [5.41, 5.74) is -1.10.